The van der Waals surface area contributed by atoms with Gasteiger partial charge in [0, 0.05) is 22.9 Å². The molecule has 0 fully saturated rings. The molecule has 0 heterocycles. The highest BCUT2D eigenvalue weighted by atomic mass is 127. The molecule has 0 aliphatic rings. The Bertz CT molecular complexity index is 97.7. The molecule has 0 bridgehead atoms. The van der Waals surface area contributed by atoms with Gasteiger partial charge < -0.3 is 4.74 Å². The molecule has 0 aromatic carbocycles. The fraction of sp³-hybridized carbons (Fsp3) is 0.833. The SMILES string of the molecule is CCCCOC(=O)CNI. The molecule has 10 heavy (non-hydrogen) atoms. The Morgan fingerprint density at radius 3 is 2.90 bits per heavy atom. The van der Waals surface area contributed by atoms with Gasteiger partial charge in [-0.25, -0.2) is 3.53 Å². The molecule has 0 atom stereocenters. The minimum absolute atomic E-state index is 0.178. The summed E-state index contributed by atoms with van der Waals surface area (Å²) in [5.41, 5.74) is 0. The van der Waals surface area contributed by atoms with Crippen LogP contribution in [0, 0.1) is 0 Å². The third kappa shape index (κ3) is 6.28. The maximum absolute atomic E-state index is 10.6. The van der Waals surface area contributed by atoms with Crippen molar-refractivity contribution in [2.24, 2.45) is 0 Å². The quantitative estimate of drug-likeness (QED) is 0.349. The van der Waals surface area contributed by atoms with E-state index < -0.39 is 0 Å². The van der Waals surface area contributed by atoms with Crippen LogP contribution in [-0.4, -0.2) is 19.1 Å². The van der Waals surface area contributed by atoms with Crippen LogP contribution < -0.4 is 3.53 Å². The van der Waals surface area contributed by atoms with E-state index in [1.807, 2.05) is 22.9 Å². The van der Waals surface area contributed by atoms with Crippen molar-refractivity contribution in [2.45, 2.75) is 19.8 Å². The molecule has 0 saturated carbocycles. The zero-order chi connectivity index (χ0) is 7.82. The third-order valence-electron chi connectivity index (χ3n) is 0.972. The van der Waals surface area contributed by atoms with Gasteiger partial charge in [-0.3, -0.25) is 4.79 Å². The first-order valence-electron chi connectivity index (χ1n) is 3.30. The van der Waals surface area contributed by atoms with Crippen LogP contribution in [0.3, 0.4) is 0 Å². The predicted octanol–water partition coefficient (Wildman–Crippen LogP) is 1.27. The third-order valence-corrected chi connectivity index (χ3v) is 1.35. The van der Waals surface area contributed by atoms with Crippen molar-refractivity contribution in [2.75, 3.05) is 13.2 Å². The van der Waals surface area contributed by atoms with Crippen molar-refractivity contribution in [3.8, 4) is 0 Å². The van der Waals surface area contributed by atoms with Crippen LogP contribution in [0.4, 0.5) is 0 Å². The lowest BCUT2D eigenvalue weighted by atomic mass is 10.4. The van der Waals surface area contributed by atoms with Crippen molar-refractivity contribution in [1.82, 2.24) is 3.53 Å². The van der Waals surface area contributed by atoms with Gasteiger partial charge in [-0.15, -0.1) is 0 Å². The summed E-state index contributed by atoms with van der Waals surface area (Å²) in [6, 6.07) is 0. The summed E-state index contributed by atoms with van der Waals surface area (Å²) >= 11 is 1.91. The van der Waals surface area contributed by atoms with Crippen molar-refractivity contribution in [3.63, 3.8) is 0 Å². The van der Waals surface area contributed by atoms with E-state index in [0.717, 1.165) is 12.8 Å². The topological polar surface area (TPSA) is 38.3 Å². The van der Waals surface area contributed by atoms with Gasteiger partial charge in [-0.05, 0) is 6.42 Å². The van der Waals surface area contributed by atoms with Gasteiger partial charge in [0.15, 0.2) is 0 Å². The van der Waals surface area contributed by atoms with Gasteiger partial charge in [-0.2, -0.15) is 0 Å². The number of carbonyl (C=O) groups is 1. The summed E-state index contributed by atoms with van der Waals surface area (Å²) in [6.45, 7) is 2.91. The van der Waals surface area contributed by atoms with Gasteiger partial charge in [0.25, 0.3) is 0 Å². The number of nitrogens with one attached hydrogen (secondary N) is 1. The van der Waals surface area contributed by atoms with Crippen LogP contribution in [-0.2, 0) is 9.53 Å². The Kier molecular flexibility index (Phi) is 7.39. The molecule has 0 spiro atoms. The standard InChI is InChI=1S/C6H12INO2/c1-2-3-4-10-6(9)5-8-7/h8H,2-5H2,1H3. The molecule has 0 unspecified atom stereocenters. The number of unbranched alkanes of at least 4 members (excludes halogenated alkanes) is 1. The predicted molar refractivity (Wildman–Crippen MR) is 47.9 cm³/mol. The Balaban J connectivity index is 3.05. The number of halogens is 1. The molecule has 4 heteroatoms. The normalized spacial score (nSPS) is 9.40. The molecule has 0 amide bonds. The molecular formula is C6H12INO2. The van der Waals surface area contributed by atoms with Crippen LogP contribution in [0.15, 0.2) is 0 Å². The first-order valence-corrected chi connectivity index (χ1v) is 4.38. The van der Waals surface area contributed by atoms with E-state index in [9.17, 15) is 4.79 Å². The van der Waals surface area contributed by atoms with E-state index in [2.05, 4.69) is 10.5 Å². The second kappa shape index (κ2) is 7.27. The van der Waals surface area contributed by atoms with E-state index in [4.69, 9.17) is 4.74 Å². The Labute approximate surface area is 75.0 Å². The van der Waals surface area contributed by atoms with Gasteiger partial charge in [0.05, 0.1) is 6.61 Å². The van der Waals surface area contributed by atoms with Gasteiger partial charge in [0.1, 0.15) is 6.54 Å². The molecule has 0 saturated heterocycles. The summed E-state index contributed by atoms with van der Waals surface area (Å²) in [4.78, 5) is 10.6. The molecule has 0 radical (unpaired) electrons. The molecule has 0 rings (SSSR count). The lowest BCUT2D eigenvalue weighted by Gasteiger charge is -2.00. The van der Waals surface area contributed by atoms with Crippen molar-refractivity contribution < 1.29 is 9.53 Å². The van der Waals surface area contributed by atoms with Crippen LogP contribution in [0.2, 0.25) is 0 Å². The van der Waals surface area contributed by atoms with Crippen LogP contribution in [0.5, 0.6) is 0 Å². The summed E-state index contributed by atoms with van der Waals surface area (Å²) in [6.07, 6.45) is 2.01. The Morgan fingerprint density at radius 1 is 1.70 bits per heavy atom. The zero-order valence-corrected chi connectivity index (χ0v) is 8.18. The first-order chi connectivity index (χ1) is 4.81. The molecule has 3 nitrogen and oxygen atoms in total. The largest absolute Gasteiger partial charge is 0.465 e. The number of esters is 1. The van der Waals surface area contributed by atoms with Gasteiger partial charge >= 0.3 is 5.97 Å². The van der Waals surface area contributed by atoms with E-state index >= 15 is 0 Å². The van der Waals surface area contributed by atoms with Crippen molar-refractivity contribution in [1.29, 1.82) is 0 Å². The summed E-state index contributed by atoms with van der Waals surface area (Å²) in [7, 11) is 0. The highest BCUT2D eigenvalue weighted by Crippen LogP contribution is 1.88. The van der Waals surface area contributed by atoms with Crippen LogP contribution in [0.1, 0.15) is 19.8 Å². The maximum atomic E-state index is 10.6. The van der Waals surface area contributed by atoms with Gasteiger partial charge in [0.2, 0.25) is 0 Å². The minimum Gasteiger partial charge on any atom is -0.465 e. The number of hydrogen-bond acceptors (Lipinski definition) is 3. The molecule has 0 aromatic heterocycles. The average Bonchev–Trinajstić information content (AvgIpc) is 1.89. The smallest absolute Gasteiger partial charge is 0.320 e. The second-order valence-corrected chi connectivity index (χ2v) is 2.65. The molecule has 0 aromatic rings. The second-order valence-electron chi connectivity index (χ2n) is 1.88. The lowest BCUT2D eigenvalue weighted by molar-refractivity contribution is -0.142. The molecular weight excluding hydrogens is 245 g/mol. The fourth-order valence-electron chi connectivity index (χ4n) is 0.436. The Morgan fingerprint density at radius 2 is 2.40 bits per heavy atom. The number of ether oxygens (including phenoxy) is 1. The highest BCUT2D eigenvalue weighted by Gasteiger charge is 1.98. The number of carbonyl (C=O) groups excluding carboxylic acids is 1. The fourth-order valence-corrected chi connectivity index (χ4v) is 0.747. The number of hydrogen-bond donors (Lipinski definition) is 1. The molecule has 0 aliphatic heterocycles. The van der Waals surface area contributed by atoms with Crippen LogP contribution in [0.25, 0.3) is 0 Å². The minimum atomic E-state index is -0.178. The van der Waals surface area contributed by atoms with Crippen molar-refractivity contribution >= 4 is 28.8 Å². The van der Waals surface area contributed by atoms with E-state index in [1.165, 1.54) is 0 Å². The number of rotatable bonds is 5. The van der Waals surface area contributed by atoms with Gasteiger partial charge in [-0.1, -0.05) is 13.3 Å². The van der Waals surface area contributed by atoms with E-state index in [1.54, 1.807) is 0 Å². The lowest BCUT2D eigenvalue weighted by Crippen LogP contribution is -2.17. The van der Waals surface area contributed by atoms with E-state index in [-0.39, 0.29) is 5.97 Å². The Hall–Kier alpha value is 0.160. The maximum Gasteiger partial charge on any atom is 0.320 e. The average molecular weight is 257 g/mol. The zero-order valence-electron chi connectivity index (χ0n) is 6.02. The van der Waals surface area contributed by atoms with E-state index in [0.29, 0.717) is 13.2 Å². The van der Waals surface area contributed by atoms with Crippen molar-refractivity contribution in [3.05, 3.63) is 0 Å². The summed E-state index contributed by atoms with van der Waals surface area (Å²) in [5, 5.41) is 0. The summed E-state index contributed by atoms with van der Waals surface area (Å²) < 4.78 is 7.51. The van der Waals surface area contributed by atoms with Crippen LogP contribution >= 0.6 is 22.9 Å². The molecule has 60 valence electrons. The monoisotopic (exact) mass is 257 g/mol. The molecule has 0 aliphatic carbocycles. The molecule has 1 N–H and O–H groups in total. The highest BCUT2D eigenvalue weighted by molar-refractivity contribution is 14.1. The first kappa shape index (κ1) is 10.2. The summed E-state index contributed by atoms with van der Waals surface area (Å²) in [5.74, 6) is -0.178.